The molecule has 2 rings (SSSR count). The number of anilines is 2. The van der Waals surface area contributed by atoms with Gasteiger partial charge in [0, 0.05) is 33.0 Å². The molecule has 0 aliphatic heterocycles. The highest BCUT2D eigenvalue weighted by molar-refractivity contribution is 7.92. The Morgan fingerprint density at radius 3 is 2.52 bits per heavy atom. The third-order valence-electron chi connectivity index (χ3n) is 3.50. The summed E-state index contributed by atoms with van der Waals surface area (Å²) in [6.07, 6.45) is 1.42. The van der Waals surface area contributed by atoms with Gasteiger partial charge in [-0.3, -0.25) is 4.72 Å². The molecule has 1 heterocycles. The van der Waals surface area contributed by atoms with Gasteiger partial charge in [0.15, 0.2) is 0 Å². The number of hydrogen-bond acceptors (Lipinski definition) is 6. The highest BCUT2D eigenvalue weighted by atomic mass is 32.2. The standard InChI is InChI=1S/C17H23N3O4S/c1-13-5-7-15(11-16(13)20(2)3)25(21,22)19-14-6-8-17(18-12-14)24-10-9-23-4/h5-8,11-12,19H,9-10H2,1-4H3. The third-order valence-corrected chi connectivity index (χ3v) is 4.88. The second-order valence-electron chi connectivity index (χ2n) is 5.67. The molecule has 7 nitrogen and oxygen atoms in total. The van der Waals surface area contributed by atoms with Crippen molar-refractivity contribution in [1.29, 1.82) is 0 Å². The Kier molecular flexibility index (Phi) is 6.22. The lowest BCUT2D eigenvalue weighted by molar-refractivity contribution is 0.144. The molecule has 0 saturated heterocycles. The molecule has 0 atom stereocenters. The van der Waals surface area contributed by atoms with E-state index in [1.807, 2.05) is 25.9 Å². The largest absolute Gasteiger partial charge is 0.475 e. The number of ether oxygens (including phenoxy) is 2. The predicted octanol–water partition coefficient (Wildman–Crippen LogP) is 2.28. The second kappa shape index (κ2) is 8.17. The van der Waals surface area contributed by atoms with Gasteiger partial charge in [-0.05, 0) is 30.7 Å². The summed E-state index contributed by atoms with van der Waals surface area (Å²) in [5.41, 5.74) is 2.22. The van der Waals surface area contributed by atoms with Crippen molar-refractivity contribution in [3.8, 4) is 5.88 Å². The fourth-order valence-corrected chi connectivity index (χ4v) is 3.27. The molecule has 25 heavy (non-hydrogen) atoms. The van der Waals surface area contributed by atoms with Gasteiger partial charge in [-0.2, -0.15) is 0 Å². The minimum atomic E-state index is -3.70. The number of aryl methyl sites for hydroxylation is 1. The third kappa shape index (κ3) is 5.07. The normalized spacial score (nSPS) is 11.2. The van der Waals surface area contributed by atoms with E-state index in [-0.39, 0.29) is 4.90 Å². The molecule has 0 amide bonds. The van der Waals surface area contributed by atoms with Crippen molar-refractivity contribution in [3.05, 3.63) is 42.1 Å². The molecule has 0 unspecified atom stereocenters. The van der Waals surface area contributed by atoms with E-state index in [4.69, 9.17) is 9.47 Å². The summed E-state index contributed by atoms with van der Waals surface area (Å²) in [5.74, 6) is 0.408. The first-order valence-corrected chi connectivity index (χ1v) is 9.20. The number of methoxy groups -OCH3 is 1. The topological polar surface area (TPSA) is 80.8 Å². The molecule has 2 aromatic rings. The number of nitrogens with one attached hydrogen (secondary N) is 1. The zero-order chi connectivity index (χ0) is 18.4. The Bertz CT molecular complexity index is 805. The maximum Gasteiger partial charge on any atom is 0.262 e. The average Bonchev–Trinajstić information content (AvgIpc) is 2.56. The molecule has 8 heteroatoms. The van der Waals surface area contributed by atoms with Crippen LogP contribution < -0.4 is 14.4 Å². The molecule has 0 aliphatic carbocycles. The van der Waals surface area contributed by atoms with Crippen LogP contribution in [0.4, 0.5) is 11.4 Å². The molecule has 1 aromatic heterocycles. The Hall–Kier alpha value is -2.32. The summed E-state index contributed by atoms with van der Waals surface area (Å²) in [6, 6.07) is 8.23. The zero-order valence-electron chi connectivity index (χ0n) is 14.8. The van der Waals surface area contributed by atoms with Crippen LogP contribution in [0, 0.1) is 6.92 Å². The van der Waals surface area contributed by atoms with Gasteiger partial charge in [0.2, 0.25) is 5.88 Å². The summed E-state index contributed by atoms with van der Waals surface area (Å²) in [4.78, 5) is 6.15. The van der Waals surface area contributed by atoms with Gasteiger partial charge in [-0.1, -0.05) is 6.07 Å². The fraction of sp³-hybridized carbons (Fsp3) is 0.353. The Morgan fingerprint density at radius 1 is 1.16 bits per heavy atom. The summed E-state index contributed by atoms with van der Waals surface area (Å²) in [5, 5.41) is 0. The minimum Gasteiger partial charge on any atom is -0.475 e. The van der Waals surface area contributed by atoms with E-state index in [1.165, 1.54) is 6.20 Å². The van der Waals surface area contributed by atoms with Crippen LogP contribution in [0.25, 0.3) is 0 Å². The maximum atomic E-state index is 12.6. The lowest BCUT2D eigenvalue weighted by Crippen LogP contribution is -2.15. The van der Waals surface area contributed by atoms with Crippen LogP contribution >= 0.6 is 0 Å². The minimum absolute atomic E-state index is 0.197. The first-order chi connectivity index (χ1) is 11.8. The van der Waals surface area contributed by atoms with E-state index >= 15 is 0 Å². The SMILES string of the molecule is COCCOc1ccc(NS(=O)(=O)c2ccc(C)c(N(C)C)c2)cn1. The average molecular weight is 365 g/mol. The van der Waals surface area contributed by atoms with Crippen LogP contribution in [0.3, 0.4) is 0 Å². The van der Waals surface area contributed by atoms with E-state index in [0.717, 1.165) is 11.3 Å². The quantitative estimate of drug-likeness (QED) is 0.723. The highest BCUT2D eigenvalue weighted by Crippen LogP contribution is 2.24. The van der Waals surface area contributed by atoms with Crippen LogP contribution in [-0.4, -0.2) is 47.8 Å². The molecular weight excluding hydrogens is 342 g/mol. The van der Waals surface area contributed by atoms with Crippen molar-refractivity contribution in [2.24, 2.45) is 0 Å². The number of rotatable bonds is 8. The van der Waals surface area contributed by atoms with Crippen molar-refractivity contribution >= 4 is 21.4 Å². The molecule has 0 saturated carbocycles. The molecule has 0 spiro atoms. The smallest absolute Gasteiger partial charge is 0.262 e. The molecule has 0 radical (unpaired) electrons. The number of pyridine rings is 1. The first kappa shape index (κ1) is 19.0. The van der Waals surface area contributed by atoms with Gasteiger partial charge in [0.1, 0.15) is 6.61 Å². The summed E-state index contributed by atoms with van der Waals surface area (Å²) >= 11 is 0. The lowest BCUT2D eigenvalue weighted by atomic mass is 10.2. The van der Waals surface area contributed by atoms with E-state index < -0.39 is 10.0 Å². The lowest BCUT2D eigenvalue weighted by Gasteiger charge is -2.17. The maximum absolute atomic E-state index is 12.6. The van der Waals surface area contributed by atoms with Gasteiger partial charge >= 0.3 is 0 Å². The van der Waals surface area contributed by atoms with Gasteiger partial charge in [-0.25, -0.2) is 13.4 Å². The van der Waals surface area contributed by atoms with E-state index in [0.29, 0.717) is 24.8 Å². The Morgan fingerprint density at radius 2 is 1.92 bits per heavy atom. The number of hydrogen-bond donors (Lipinski definition) is 1. The van der Waals surface area contributed by atoms with Crippen LogP contribution in [-0.2, 0) is 14.8 Å². The van der Waals surface area contributed by atoms with Gasteiger partial charge in [0.05, 0.1) is 23.4 Å². The molecular formula is C17H23N3O4S. The van der Waals surface area contributed by atoms with E-state index in [9.17, 15) is 8.42 Å². The van der Waals surface area contributed by atoms with Crippen molar-refractivity contribution in [3.63, 3.8) is 0 Å². The van der Waals surface area contributed by atoms with Gasteiger partial charge in [0.25, 0.3) is 10.0 Å². The van der Waals surface area contributed by atoms with Crippen LogP contribution in [0.5, 0.6) is 5.88 Å². The van der Waals surface area contributed by atoms with Crippen molar-refractivity contribution in [2.75, 3.05) is 44.0 Å². The molecule has 0 aliphatic rings. The van der Waals surface area contributed by atoms with Crippen LogP contribution in [0.1, 0.15) is 5.56 Å². The summed E-state index contributed by atoms with van der Waals surface area (Å²) in [6.45, 7) is 2.77. The molecule has 0 fully saturated rings. The van der Waals surface area contributed by atoms with Crippen LogP contribution in [0.2, 0.25) is 0 Å². The number of sulfonamides is 1. The number of benzene rings is 1. The Labute approximate surface area is 148 Å². The number of aromatic nitrogens is 1. The van der Waals surface area contributed by atoms with Crippen molar-refractivity contribution < 1.29 is 17.9 Å². The van der Waals surface area contributed by atoms with Crippen LogP contribution in [0.15, 0.2) is 41.4 Å². The monoisotopic (exact) mass is 365 g/mol. The predicted molar refractivity (Wildman–Crippen MR) is 97.9 cm³/mol. The van der Waals surface area contributed by atoms with E-state index in [1.54, 1.807) is 37.4 Å². The molecule has 1 N–H and O–H groups in total. The van der Waals surface area contributed by atoms with E-state index in [2.05, 4.69) is 9.71 Å². The zero-order valence-corrected chi connectivity index (χ0v) is 15.6. The van der Waals surface area contributed by atoms with Crippen molar-refractivity contribution in [2.45, 2.75) is 11.8 Å². The second-order valence-corrected chi connectivity index (χ2v) is 7.36. The summed E-state index contributed by atoms with van der Waals surface area (Å²) < 4.78 is 37.9. The summed E-state index contributed by atoms with van der Waals surface area (Å²) in [7, 11) is 1.63. The van der Waals surface area contributed by atoms with Gasteiger partial charge < -0.3 is 14.4 Å². The molecule has 136 valence electrons. The van der Waals surface area contributed by atoms with Crippen molar-refractivity contribution in [1.82, 2.24) is 4.98 Å². The first-order valence-electron chi connectivity index (χ1n) is 7.72. The Balaban J connectivity index is 2.14. The van der Waals surface area contributed by atoms with Gasteiger partial charge in [-0.15, -0.1) is 0 Å². The highest BCUT2D eigenvalue weighted by Gasteiger charge is 2.16. The molecule has 1 aromatic carbocycles. The number of nitrogens with zero attached hydrogens (tertiary/aromatic N) is 2. The fourth-order valence-electron chi connectivity index (χ4n) is 2.21. The molecule has 0 bridgehead atoms.